The molecular weight excluding hydrogens is 380 g/mol. The van der Waals surface area contributed by atoms with Crippen LogP contribution in [0.25, 0.3) is 0 Å². The smallest absolute Gasteiger partial charge is 0.251 e. The van der Waals surface area contributed by atoms with Gasteiger partial charge in [0, 0.05) is 32.6 Å². The predicted molar refractivity (Wildman–Crippen MR) is 107 cm³/mol. The lowest BCUT2D eigenvalue weighted by Crippen LogP contribution is -2.27. The fourth-order valence-corrected chi connectivity index (χ4v) is 3.25. The number of rotatable bonds is 5. The molecule has 7 heteroatoms. The fraction of sp³-hybridized carbons (Fsp3) is 0.333. The summed E-state index contributed by atoms with van der Waals surface area (Å²) in [7, 11) is 3.34. The van der Waals surface area contributed by atoms with Gasteiger partial charge < -0.3 is 19.7 Å². The van der Waals surface area contributed by atoms with Crippen LogP contribution in [0.1, 0.15) is 27.9 Å². The van der Waals surface area contributed by atoms with Crippen LogP contribution in [0.4, 0.5) is 0 Å². The summed E-state index contributed by atoms with van der Waals surface area (Å²) in [6, 6.07) is 10.7. The van der Waals surface area contributed by atoms with E-state index < -0.39 is 0 Å². The highest BCUT2D eigenvalue weighted by molar-refractivity contribution is 6.32. The highest BCUT2D eigenvalue weighted by Crippen LogP contribution is 2.38. The van der Waals surface area contributed by atoms with E-state index in [-0.39, 0.29) is 18.2 Å². The number of fused-ring (bicyclic) bond motifs is 1. The molecule has 0 radical (unpaired) electrons. The Morgan fingerprint density at radius 3 is 2.54 bits per heavy atom. The molecule has 6 nitrogen and oxygen atoms in total. The number of carbonyl (C=O) groups excluding carboxylic acids is 2. The topological polar surface area (TPSA) is 67.9 Å². The zero-order valence-corrected chi connectivity index (χ0v) is 16.7. The number of ether oxygens (including phenoxy) is 2. The van der Waals surface area contributed by atoms with Crippen molar-refractivity contribution < 1.29 is 19.1 Å². The van der Waals surface area contributed by atoms with Gasteiger partial charge >= 0.3 is 0 Å². The van der Waals surface area contributed by atoms with Gasteiger partial charge in [0.05, 0.1) is 24.7 Å². The quantitative estimate of drug-likeness (QED) is 0.834. The second-order valence-corrected chi connectivity index (χ2v) is 7.07. The van der Waals surface area contributed by atoms with Crippen molar-refractivity contribution in [2.75, 3.05) is 27.3 Å². The molecule has 0 spiro atoms. The molecule has 0 bridgehead atoms. The maximum atomic E-state index is 12.6. The summed E-state index contributed by atoms with van der Waals surface area (Å²) in [6.45, 7) is 1.57. The molecule has 3 rings (SSSR count). The first-order valence-electron chi connectivity index (χ1n) is 9.11. The molecule has 0 saturated heterocycles. The van der Waals surface area contributed by atoms with E-state index in [4.69, 9.17) is 21.1 Å². The number of hydrogen-bond donors (Lipinski definition) is 1. The molecule has 1 N–H and O–H groups in total. The van der Waals surface area contributed by atoms with Gasteiger partial charge in [0.2, 0.25) is 5.91 Å². The molecule has 1 aliphatic heterocycles. The molecule has 0 aromatic heterocycles. The van der Waals surface area contributed by atoms with E-state index in [0.717, 1.165) is 17.5 Å². The maximum Gasteiger partial charge on any atom is 0.251 e. The molecule has 0 saturated carbocycles. The summed E-state index contributed by atoms with van der Waals surface area (Å²) in [6.07, 6.45) is 1.00. The minimum absolute atomic E-state index is 0.0408. The molecule has 0 atom stereocenters. The van der Waals surface area contributed by atoms with Gasteiger partial charge in [-0.3, -0.25) is 9.59 Å². The molecule has 28 heavy (non-hydrogen) atoms. The molecular formula is C21H23ClN2O4. The largest absolute Gasteiger partial charge is 0.489 e. The van der Waals surface area contributed by atoms with Crippen LogP contribution >= 0.6 is 11.6 Å². The van der Waals surface area contributed by atoms with Crippen LogP contribution < -0.4 is 14.8 Å². The zero-order valence-electron chi connectivity index (χ0n) is 16.0. The van der Waals surface area contributed by atoms with Gasteiger partial charge in [-0.1, -0.05) is 23.7 Å². The monoisotopic (exact) mass is 402 g/mol. The summed E-state index contributed by atoms with van der Waals surface area (Å²) in [4.78, 5) is 25.9. The van der Waals surface area contributed by atoms with E-state index in [2.05, 4.69) is 5.32 Å². The fourth-order valence-electron chi connectivity index (χ4n) is 2.96. The van der Waals surface area contributed by atoms with Gasteiger partial charge in [0.25, 0.3) is 5.91 Å². The van der Waals surface area contributed by atoms with Crippen molar-refractivity contribution in [3.63, 3.8) is 0 Å². The van der Waals surface area contributed by atoms with Crippen LogP contribution in [0.2, 0.25) is 5.02 Å². The Balaban J connectivity index is 1.65. The van der Waals surface area contributed by atoms with E-state index in [9.17, 15) is 9.59 Å². The Kier molecular flexibility index (Phi) is 6.41. The van der Waals surface area contributed by atoms with Crippen molar-refractivity contribution in [1.29, 1.82) is 0 Å². The first-order valence-corrected chi connectivity index (χ1v) is 9.48. The van der Waals surface area contributed by atoms with Crippen molar-refractivity contribution in [3.8, 4) is 11.5 Å². The standard InChI is InChI=1S/C21H23ClN2O4/c1-23-21(26)16-6-4-14(5-7-16)13-24(2)19(25)12-15-10-17(22)20-18(11-15)27-8-3-9-28-20/h4-7,10-11H,3,8-9,12-13H2,1-2H3,(H,23,26). The second-order valence-electron chi connectivity index (χ2n) is 6.66. The molecule has 0 unspecified atom stereocenters. The minimum atomic E-state index is -0.137. The molecule has 2 amide bonds. The van der Waals surface area contributed by atoms with Crippen molar-refractivity contribution in [2.45, 2.75) is 19.4 Å². The highest BCUT2D eigenvalue weighted by atomic mass is 35.5. The first kappa shape index (κ1) is 20.0. The SMILES string of the molecule is CNC(=O)c1ccc(CN(C)C(=O)Cc2cc(Cl)c3c(c2)OCCCO3)cc1. The third kappa shape index (κ3) is 4.75. The Morgan fingerprint density at radius 2 is 1.82 bits per heavy atom. The number of nitrogens with one attached hydrogen (secondary N) is 1. The van der Waals surface area contributed by atoms with E-state index in [1.165, 1.54) is 0 Å². The summed E-state index contributed by atoms with van der Waals surface area (Å²) in [5, 5.41) is 3.04. The highest BCUT2D eigenvalue weighted by Gasteiger charge is 2.18. The Bertz CT molecular complexity index is 867. The van der Waals surface area contributed by atoms with Crippen molar-refractivity contribution >= 4 is 23.4 Å². The lowest BCUT2D eigenvalue weighted by atomic mass is 10.1. The van der Waals surface area contributed by atoms with Crippen LogP contribution in [0.3, 0.4) is 0 Å². The summed E-state index contributed by atoms with van der Waals surface area (Å²) >= 11 is 6.30. The third-order valence-corrected chi connectivity index (χ3v) is 4.79. The lowest BCUT2D eigenvalue weighted by molar-refractivity contribution is -0.129. The Morgan fingerprint density at radius 1 is 1.11 bits per heavy atom. The summed E-state index contributed by atoms with van der Waals surface area (Å²) in [5.41, 5.74) is 2.31. The van der Waals surface area contributed by atoms with Gasteiger partial charge in [0.15, 0.2) is 11.5 Å². The van der Waals surface area contributed by atoms with E-state index in [1.54, 1.807) is 37.2 Å². The van der Waals surface area contributed by atoms with Crippen LogP contribution in [0, 0.1) is 0 Å². The second kappa shape index (κ2) is 8.97. The van der Waals surface area contributed by atoms with Gasteiger partial charge in [-0.2, -0.15) is 0 Å². The number of amides is 2. The first-order chi connectivity index (χ1) is 13.5. The van der Waals surface area contributed by atoms with Crippen molar-refractivity contribution in [3.05, 3.63) is 58.1 Å². The molecule has 1 aliphatic rings. The maximum absolute atomic E-state index is 12.6. The normalized spacial score (nSPS) is 12.8. The van der Waals surface area contributed by atoms with E-state index >= 15 is 0 Å². The molecule has 2 aromatic carbocycles. The number of halogens is 1. The molecule has 2 aromatic rings. The Hall–Kier alpha value is -2.73. The molecule has 0 aliphatic carbocycles. The van der Waals surface area contributed by atoms with Gasteiger partial charge in [-0.15, -0.1) is 0 Å². The van der Waals surface area contributed by atoms with E-state index in [0.29, 0.717) is 41.8 Å². The van der Waals surface area contributed by atoms with Gasteiger partial charge in [-0.05, 0) is 35.4 Å². The molecule has 1 heterocycles. The van der Waals surface area contributed by atoms with Gasteiger partial charge in [0.1, 0.15) is 0 Å². The number of benzene rings is 2. The zero-order chi connectivity index (χ0) is 20.1. The van der Waals surface area contributed by atoms with E-state index in [1.807, 2.05) is 18.2 Å². The van der Waals surface area contributed by atoms with Crippen LogP contribution in [0.15, 0.2) is 36.4 Å². The summed E-state index contributed by atoms with van der Waals surface area (Å²) in [5.74, 6) is 0.948. The van der Waals surface area contributed by atoms with Crippen LogP contribution in [-0.2, 0) is 17.8 Å². The molecule has 0 fully saturated rings. The van der Waals surface area contributed by atoms with Crippen molar-refractivity contribution in [1.82, 2.24) is 10.2 Å². The summed E-state index contributed by atoms with van der Waals surface area (Å²) < 4.78 is 11.3. The average molecular weight is 403 g/mol. The number of hydrogen-bond acceptors (Lipinski definition) is 4. The lowest BCUT2D eigenvalue weighted by Gasteiger charge is -2.18. The number of likely N-dealkylation sites (N-methyl/N-ethyl adjacent to an activating group) is 1. The number of nitrogens with zero attached hydrogens (tertiary/aromatic N) is 1. The van der Waals surface area contributed by atoms with Crippen molar-refractivity contribution in [2.24, 2.45) is 0 Å². The Labute approximate surface area is 169 Å². The van der Waals surface area contributed by atoms with Crippen LogP contribution in [0.5, 0.6) is 11.5 Å². The third-order valence-electron chi connectivity index (χ3n) is 4.51. The van der Waals surface area contributed by atoms with Crippen LogP contribution in [-0.4, -0.2) is 44.0 Å². The predicted octanol–water partition coefficient (Wildman–Crippen LogP) is 3.06. The average Bonchev–Trinajstić information content (AvgIpc) is 2.93. The molecule has 148 valence electrons. The number of carbonyl (C=O) groups is 2. The minimum Gasteiger partial charge on any atom is -0.489 e. The van der Waals surface area contributed by atoms with Gasteiger partial charge in [-0.25, -0.2) is 0 Å².